The molecule has 0 atom stereocenters. The van der Waals surface area contributed by atoms with Crippen LogP contribution in [0.15, 0.2) is 0 Å². The average Bonchev–Trinajstić information content (AvgIpc) is 3.19. The lowest BCUT2D eigenvalue weighted by atomic mass is 10.0. The second-order valence-corrected chi connectivity index (χ2v) is 5.67. The van der Waals surface area contributed by atoms with Crippen molar-refractivity contribution >= 4 is 5.91 Å². The number of rotatable bonds is 7. The number of hydrogen-bond acceptors (Lipinski definition) is 3. The van der Waals surface area contributed by atoms with E-state index in [1.54, 1.807) is 0 Å². The van der Waals surface area contributed by atoms with Gasteiger partial charge < -0.3 is 15.5 Å². The van der Waals surface area contributed by atoms with E-state index in [1.165, 1.54) is 32.2 Å². The van der Waals surface area contributed by atoms with Crippen molar-refractivity contribution in [1.82, 2.24) is 15.5 Å². The summed E-state index contributed by atoms with van der Waals surface area (Å²) >= 11 is 0. The minimum Gasteiger partial charge on any atom is -0.356 e. The zero-order valence-corrected chi connectivity index (χ0v) is 11.6. The molecule has 2 aliphatic rings. The molecule has 0 radical (unpaired) electrons. The first-order valence-corrected chi connectivity index (χ1v) is 7.50. The van der Waals surface area contributed by atoms with Crippen LogP contribution in [0.5, 0.6) is 0 Å². The molecule has 2 rings (SSSR count). The molecular formula is C14H27N3O. The summed E-state index contributed by atoms with van der Waals surface area (Å²) < 4.78 is 0. The molecule has 18 heavy (non-hydrogen) atoms. The van der Waals surface area contributed by atoms with Crippen molar-refractivity contribution in [2.24, 2.45) is 5.92 Å². The van der Waals surface area contributed by atoms with Crippen molar-refractivity contribution in [2.45, 2.75) is 45.1 Å². The minimum atomic E-state index is 0.187. The maximum Gasteiger partial charge on any atom is 0.221 e. The monoisotopic (exact) mass is 253 g/mol. The zero-order chi connectivity index (χ0) is 12.8. The van der Waals surface area contributed by atoms with E-state index in [0.29, 0.717) is 12.5 Å². The molecule has 0 aromatic rings. The van der Waals surface area contributed by atoms with Crippen molar-refractivity contribution < 1.29 is 4.79 Å². The van der Waals surface area contributed by atoms with Gasteiger partial charge in [-0.25, -0.2) is 0 Å². The molecule has 1 saturated heterocycles. The quantitative estimate of drug-likeness (QED) is 0.711. The third-order valence-electron chi connectivity index (χ3n) is 4.01. The molecule has 2 fully saturated rings. The molecule has 4 heteroatoms. The van der Waals surface area contributed by atoms with Gasteiger partial charge >= 0.3 is 0 Å². The van der Waals surface area contributed by atoms with Crippen molar-refractivity contribution in [3.63, 3.8) is 0 Å². The molecule has 1 heterocycles. The van der Waals surface area contributed by atoms with Crippen LogP contribution in [-0.4, -0.2) is 49.6 Å². The summed E-state index contributed by atoms with van der Waals surface area (Å²) in [4.78, 5) is 13.8. The van der Waals surface area contributed by atoms with E-state index in [2.05, 4.69) is 15.5 Å². The molecule has 0 bridgehead atoms. The van der Waals surface area contributed by atoms with Gasteiger partial charge in [-0.2, -0.15) is 0 Å². The van der Waals surface area contributed by atoms with Crippen LogP contribution < -0.4 is 10.6 Å². The van der Waals surface area contributed by atoms with Crippen LogP contribution in [0.3, 0.4) is 0 Å². The van der Waals surface area contributed by atoms with Crippen molar-refractivity contribution in [1.29, 1.82) is 0 Å². The fraction of sp³-hybridized carbons (Fsp3) is 0.929. The standard InChI is InChI=1S/C14H27N3O/c1-2-15-14(18)7-10-17-8-5-13(6-9-17)16-11-12-3-4-12/h12-13,16H,2-11H2,1H3,(H,15,18). The SMILES string of the molecule is CCNC(=O)CCN1CCC(NCC2CC2)CC1. The second-order valence-electron chi connectivity index (χ2n) is 5.67. The lowest BCUT2D eigenvalue weighted by molar-refractivity contribution is -0.121. The van der Waals surface area contributed by atoms with Crippen LogP contribution in [0, 0.1) is 5.92 Å². The van der Waals surface area contributed by atoms with Crippen LogP contribution in [0.25, 0.3) is 0 Å². The Morgan fingerprint density at radius 1 is 1.22 bits per heavy atom. The molecule has 0 unspecified atom stereocenters. The van der Waals surface area contributed by atoms with Crippen molar-refractivity contribution in [2.75, 3.05) is 32.7 Å². The molecular weight excluding hydrogens is 226 g/mol. The second kappa shape index (κ2) is 7.10. The summed E-state index contributed by atoms with van der Waals surface area (Å²) in [6.07, 6.45) is 5.98. The van der Waals surface area contributed by atoms with Crippen molar-refractivity contribution in [3.8, 4) is 0 Å². The van der Waals surface area contributed by atoms with Gasteiger partial charge in [0.05, 0.1) is 0 Å². The number of amides is 1. The van der Waals surface area contributed by atoms with Gasteiger partial charge in [0.2, 0.25) is 5.91 Å². The predicted molar refractivity (Wildman–Crippen MR) is 73.5 cm³/mol. The van der Waals surface area contributed by atoms with E-state index in [9.17, 15) is 4.79 Å². The minimum absolute atomic E-state index is 0.187. The smallest absolute Gasteiger partial charge is 0.221 e. The summed E-state index contributed by atoms with van der Waals surface area (Å²) in [7, 11) is 0. The van der Waals surface area contributed by atoms with Gasteiger partial charge in [0, 0.05) is 25.6 Å². The summed E-state index contributed by atoms with van der Waals surface area (Å²) in [5.41, 5.74) is 0. The zero-order valence-electron chi connectivity index (χ0n) is 11.6. The number of piperidine rings is 1. The summed E-state index contributed by atoms with van der Waals surface area (Å²) in [5, 5.41) is 6.54. The highest BCUT2D eigenvalue weighted by molar-refractivity contribution is 5.75. The molecule has 2 N–H and O–H groups in total. The van der Waals surface area contributed by atoms with Crippen LogP contribution in [0.1, 0.15) is 39.0 Å². The van der Waals surface area contributed by atoms with Gasteiger partial charge in [-0.05, 0) is 58.2 Å². The van der Waals surface area contributed by atoms with E-state index in [4.69, 9.17) is 0 Å². The third kappa shape index (κ3) is 4.94. The van der Waals surface area contributed by atoms with E-state index in [1.807, 2.05) is 6.92 Å². The van der Waals surface area contributed by atoms with Crippen molar-refractivity contribution in [3.05, 3.63) is 0 Å². The predicted octanol–water partition coefficient (Wildman–Crippen LogP) is 0.977. The molecule has 104 valence electrons. The Balaban J connectivity index is 1.53. The Morgan fingerprint density at radius 3 is 2.56 bits per heavy atom. The van der Waals surface area contributed by atoms with Crippen LogP contribution in [0.4, 0.5) is 0 Å². The fourth-order valence-electron chi connectivity index (χ4n) is 2.56. The molecule has 4 nitrogen and oxygen atoms in total. The molecule has 0 aromatic heterocycles. The Bertz CT molecular complexity index is 258. The highest BCUT2D eigenvalue weighted by Crippen LogP contribution is 2.28. The molecule has 0 aromatic carbocycles. The van der Waals surface area contributed by atoms with Gasteiger partial charge in [-0.1, -0.05) is 0 Å². The Hall–Kier alpha value is -0.610. The molecule has 1 aliphatic heterocycles. The van der Waals surface area contributed by atoms with Gasteiger partial charge in [-0.3, -0.25) is 4.79 Å². The number of likely N-dealkylation sites (tertiary alicyclic amines) is 1. The van der Waals surface area contributed by atoms with Gasteiger partial charge in [0.15, 0.2) is 0 Å². The van der Waals surface area contributed by atoms with E-state index in [-0.39, 0.29) is 5.91 Å². The fourth-order valence-corrected chi connectivity index (χ4v) is 2.56. The number of carbonyl (C=O) groups is 1. The van der Waals surface area contributed by atoms with E-state index < -0.39 is 0 Å². The maximum absolute atomic E-state index is 11.4. The average molecular weight is 253 g/mol. The van der Waals surface area contributed by atoms with Crippen LogP contribution in [-0.2, 0) is 4.79 Å². The van der Waals surface area contributed by atoms with Gasteiger partial charge in [0.1, 0.15) is 0 Å². The first-order valence-electron chi connectivity index (χ1n) is 7.50. The highest BCUT2D eigenvalue weighted by Gasteiger charge is 2.24. The van der Waals surface area contributed by atoms with Crippen LogP contribution >= 0.6 is 0 Å². The molecule has 1 amide bonds. The summed E-state index contributed by atoms with van der Waals surface area (Å²) in [5.74, 6) is 1.16. The maximum atomic E-state index is 11.4. The number of nitrogens with one attached hydrogen (secondary N) is 2. The first-order chi connectivity index (χ1) is 8.78. The Morgan fingerprint density at radius 2 is 1.94 bits per heavy atom. The van der Waals surface area contributed by atoms with E-state index in [0.717, 1.165) is 32.1 Å². The number of carbonyl (C=O) groups excluding carboxylic acids is 1. The van der Waals surface area contributed by atoms with Gasteiger partial charge in [-0.15, -0.1) is 0 Å². The summed E-state index contributed by atoms with van der Waals surface area (Å²) in [6, 6.07) is 0.714. The first kappa shape index (κ1) is 13.8. The molecule has 1 saturated carbocycles. The Kier molecular flexibility index (Phi) is 5.45. The normalized spacial score (nSPS) is 22.1. The third-order valence-corrected chi connectivity index (χ3v) is 4.01. The molecule has 1 aliphatic carbocycles. The lowest BCUT2D eigenvalue weighted by Crippen LogP contribution is -2.44. The van der Waals surface area contributed by atoms with Crippen LogP contribution in [0.2, 0.25) is 0 Å². The highest BCUT2D eigenvalue weighted by atomic mass is 16.1. The Labute approximate surface area is 110 Å². The van der Waals surface area contributed by atoms with E-state index >= 15 is 0 Å². The number of hydrogen-bond donors (Lipinski definition) is 2. The largest absolute Gasteiger partial charge is 0.356 e. The van der Waals surface area contributed by atoms with Gasteiger partial charge in [0.25, 0.3) is 0 Å². The number of nitrogens with zero attached hydrogens (tertiary/aromatic N) is 1. The molecule has 0 spiro atoms. The lowest BCUT2D eigenvalue weighted by Gasteiger charge is -2.32. The topological polar surface area (TPSA) is 44.4 Å². The summed E-state index contributed by atoms with van der Waals surface area (Å²) in [6.45, 7) is 7.13.